The van der Waals surface area contributed by atoms with Crippen molar-refractivity contribution in [3.63, 3.8) is 0 Å². The van der Waals surface area contributed by atoms with Crippen LogP contribution in [0.5, 0.6) is 0 Å². The van der Waals surface area contributed by atoms with E-state index in [0.29, 0.717) is 5.56 Å². The molecular formula is C8H5Br2N. The molecule has 0 bridgehead atoms. The molecule has 0 fully saturated rings. The van der Waals surface area contributed by atoms with Crippen molar-refractivity contribution in [3.05, 3.63) is 32.2 Å². The van der Waals surface area contributed by atoms with Gasteiger partial charge in [0.1, 0.15) is 6.07 Å². The van der Waals surface area contributed by atoms with E-state index in [1.54, 1.807) is 0 Å². The van der Waals surface area contributed by atoms with Gasteiger partial charge in [0.25, 0.3) is 0 Å². The second-order valence-corrected chi connectivity index (χ2v) is 3.87. The van der Waals surface area contributed by atoms with E-state index >= 15 is 0 Å². The Morgan fingerprint density at radius 2 is 2.00 bits per heavy atom. The van der Waals surface area contributed by atoms with E-state index in [0.717, 1.165) is 14.5 Å². The van der Waals surface area contributed by atoms with Crippen molar-refractivity contribution in [2.24, 2.45) is 0 Å². The van der Waals surface area contributed by atoms with Crippen LogP contribution in [0.4, 0.5) is 0 Å². The summed E-state index contributed by atoms with van der Waals surface area (Å²) in [4.78, 5) is 0. The first-order valence-corrected chi connectivity index (χ1v) is 4.59. The number of halogens is 2. The molecule has 0 aliphatic rings. The van der Waals surface area contributed by atoms with Crippen LogP contribution in [-0.2, 0) is 0 Å². The molecular weight excluding hydrogens is 270 g/mol. The summed E-state index contributed by atoms with van der Waals surface area (Å²) >= 11 is 6.64. The lowest BCUT2D eigenvalue weighted by molar-refractivity contribution is 1.38. The summed E-state index contributed by atoms with van der Waals surface area (Å²) in [6.45, 7) is 1.96. The fourth-order valence-electron chi connectivity index (χ4n) is 0.806. The zero-order valence-corrected chi connectivity index (χ0v) is 9.03. The first-order valence-electron chi connectivity index (χ1n) is 3.01. The van der Waals surface area contributed by atoms with Gasteiger partial charge in [0.15, 0.2) is 0 Å². The standard InChI is InChI=1S/C8H5Br2N/c1-5-2-6(4-11)8(10)7(9)3-5/h2-3H,1H3. The van der Waals surface area contributed by atoms with Crippen LogP contribution < -0.4 is 0 Å². The molecule has 0 saturated heterocycles. The third kappa shape index (κ3) is 1.82. The molecule has 0 unspecified atom stereocenters. The summed E-state index contributed by atoms with van der Waals surface area (Å²) in [6.07, 6.45) is 0. The zero-order chi connectivity index (χ0) is 8.43. The molecule has 11 heavy (non-hydrogen) atoms. The van der Waals surface area contributed by atoms with E-state index in [9.17, 15) is 0 Å². The van der Waals surface area contributed by atoms with Gasteiger partial charge in [-0.2, -0.15) is 5.26 Å². The van der Waals surface area contributed by atoms with Crippen molar-refractivity contribution in [3.8, 4) is 6.07 Å². The Balaban J connectivity index is 3.39. The van der Waals surface area contributed by atoms with E-state index in [-0.39, 0.29) is 0 Å². The molecule has 0 atom stereocenters. The highest BCUT2D eigenvalue weighted by atomic mass is 79.9. The minimum absolute atomic E-state index is 0.664. The highest BCUT2D eigenvalue weighted by molar-refractivity contribution is 9.13. The number of benzene rings is 1. The van der Waals surface area contributed by atoms with Crippen molar-refractivity contribution in [1.82, 2.24) is 0 Å². The van der Waals surface area contributed by atoms with Crippen LogP contribution in [0.3, 0.4) is 0 Å². The minimum atomic E-state index is 0.664. The van der Waals surface area contributed by atoms with Crippen molar-refractivity contribution in [2.75, 3.05) is 0 Å². The molecule has 0 heterocycles. The third-order valence-corrected chi connectivity index (χ3v) is 3.30. The first-order chi connectivity index (χ1) is 5.15. The summed E-state index contributed by atoms with van der Waals surface area (Å²) < 4.78 is 1.75. The van der Waals surface area contributed by atoms with Crippen LogP contribution in [-0.4, -0.2) is 0 Å². The Morgan fingerprint density at radius 3 is 2.55 bits per heavy atom. The van der Waals surface area contributed by atoms with Gasteiger partial charge in [-0.1, -0.05) is 0 Å². The largest absolute Gasteiger partial charge is 0.192 e. The van der Waals surface area contributed by atoms with E-state index in [1.807, 2.05) is 19.1 Å². The summed E-state index contributed by atoms with van der Waals surface area (Å²) in [5.74, 6) is 0. The van der Waals surface area contributed by atoms with Gasteiger partial charge in [-0.25, -0.2) is 0 Å². The molecule has 0 amide bonds. The van der Waals surface area contributed by atoms with Crippen LogP contribution >= 0.6 is 31.9 Å². The van der Waals surface area contributed by atoms with Crippen molar-refractivity contribution in [2.45, 2.75) is 6.92 Å². The maximum atomic E-state index is 8.67. The zero-order valence-electron chi connectivity index (χ0n) is 5.86. The molecule has 0 spiro atoms. The number of rotatable bonds is 0. The summed E-state index contributed by atoms with van der Waals surface area (Å²) in [6, 6.07) is 5.91. The van der Waals surface area contributed by atoms with Crippen LogP contribution in [0.15, 0.2) is 21.1 Å². The van der Waals surface area contributed by atoms with E-state index in [4.69, 9.17) is 5.26 Å². The lowest BCUT2D eigenvalue weighted by Gasteiger charge is -1.99. The van der Waals surface area contributed by atoms with E-state index < -0.39 is 0 Å². The molecule has 0 radical (unpaired) electrons. The maximum absolute atomic E-state index is 8.67. The Morgan fingerprint density at radius 1 is 1.36 bits per heavy atom. The van der Waals surface area contributed by atoms with Crippen LogP contribution in [0.25, 0.3) is 0 Å². The average Bonchev–Trinajstić information content (AvgIpc) is 1.96. The number of hydrogen-bond acceptors (Lipinski definition) is 1. The second-order valence-electron chi connectivity index (χ2n) is 2.22. The quantitative estimate of drug-likeness (QED) is 0.711. The maximum Gasteiger partial charge on any atom is 0.100 e. The lowest BCUT2D eigenvalue weighted by atomic mass is 10.2. The fourth-order valence-corrected chi connectivity index (χ4v) is 1.70. The molecule has 1 rings (SSSR count). The highest BCUT2D eigenvalue weighted by Crippen LogP contribution is 2.27. The number of nitrogens with zero attached hydrogens (tertiary/aromatic N) is 1. The summed E-state index contributed by atoms with van der Waals surface area (Å²) in [7, 11) is 0. The summed E-state index contributed by atoms with van der Waals surface area (Å²) in [5, 5.41) is 8.67. The van der Waals surface area contributed by atoms with Crippen molar-refractivity contribution < 1.29 is 0 Å². The van der Waals surface area contributed by atoms with Gasteiger partial charge in [0, 0.05) is 8.95 Å². The molecule has 56 valence electrons. The van der Waals surface area contributed by atoms with Gasteiger partial charge in [0.05, 0.1) is 5.56 Å². The van der Waals surface area contributed by atoms with Crippen LogP contribution in [0.2, 0.25) is 0 Å². The molecule has 0 aliphatic carbocycles. The Labute approximate surface area is 82.3 Å². The van der Waals surface area contributed by atoms with E-state index in [2.05, 4.69) is 37.9 Å². The van der Waals surface area contributed by atoms with Gasteiger partial charge in [0.2, 0.25) is 0 Å². The Kier molecular flexibility index (Phi) is 2.69. The van der Waals surface area contributed by atoms with Gasteiger partial charge < -0.3 is 0 Å². The fraction of sp³-hybridized carbons (Fsp3) is 0.125. The predicted molar refractivity (Wildman–Crippen MR) is 51.3 cm³/mol. The molecule has 0 saturated carbocycles. The number of nitriles is 1. The monoisotopic (exact) mass is 273 g/mol. The minimum Gasteiger partial charge on any atom is -0.192 e. The van der Waals surface area contributed by atoms with Crippen LogP contribution in [0, 0.1) is 18.3 Å². The molecule has 0 N–H and O–H groups in total. The predicted octanol–water partition coefficient (Wildman–Crippen LogP) is 3.39. The van der Waals surface area contributed by atoms with Crippen molar-refractivity contribution in [1.29, 1.82) is 5.26 Å². The third-order valence-electron chi connectivity index (χ3n) is 1.29. The number of aryl methyl sites for hydroxylation is 1. The lowest BCUT2D eigenvalue weighted by Crippen LogP contribution is -1.81. The van der Waals surface area contributed by atoms with Gasteiger partial charge in [-0.05, 0) is 56.5 Å². The smallest absolute Gasteiger partial charge is 0.100 e. The van der Waals surface area contributed by atoms with Crippen LogP contribution in [0.1, 0.15) is 11.1 Å². The molecule has 1 aromatic rings. The molecule has 1 aromatic carbocycles. The molecule has 0 aromatic heterocycles. The second kappa shape index (κ2) is 3.38. The van der Waals surface area contributed by atoms with Gasteiger partial charge in [-0.15, -0.1) is 0 Å². The van der Waals surface area contributed by atoms with Crippen molar-refractivity contribution >= 4 is 31.9 Å². The normalized spacial score (nSPS) is 9.27. The SMILES string of the molecule is Cc1cc(Br)c(Br)c(C#N)c1. The number of hydrogen-bond donors (Lipinski definition) is 0. The molecule has 1 nitrogen and oxygen atoms in total. The Bertz CT molecular complexity index is 326. The van der Waals surface area contributed by atoms with Gasteiger partial charge >= 0.3 is 0 Å². The summed E-state index contributed by atoms with van der Waals surface area (Å²) in [5.41, 5.74) is 1.74. The topological polar surface area (TPSA) is 23.8 Å². The highest BCUT2D eigenvalue weighted by Gasteiger charge is 2.03. The van der Waals surface area contributed by atoms with Gasteiger partial charge in [-0.3, -0.25) is 0 Å². The van der Waals surface area contributed by atoms with E-state index in [1.165, 1.54) is 0 Å². The molecule has 3 heteroatoms. The Hall–Kier alpha value is -0.330. The first kappa shape index (κ1) is 8.76. The molecule has 0 aliphatic heterocycles. The average molecular weight is 275 g/mol.